The molecule has 0 fully saturated rings. The molecular weight excluding hydrogens is 334 g/mol. The Bertz CT molecular complexity index is 900. The number of benzene rings is 1. The number of hydrogen-bond donors (Lipinski definition) is 0. The summed E-state index contributed by atoms with van der Waals surface area (Å²) >= 11 is 0. The van der Waals surface area contributed by atoms with Gasteiger partial charge in [0.15, 0.2) is 0 Å². The first-order chi connectivity index (χ1) is 13.4. The normalized spacial score (nSPS) is 11.8. The summed E-state index contributed by atoms with van der Waals surface area (Å²) in [6.07, 6.45) is 8.44. The predicted molar refractivity (Wildman–Crippen MR) is 109 cm³/mol. The molecule has 0 atom stereocenters. The summed E-state index contributed by atoms with van der Waals surface area (Å²) in [5.74, 6) is 0.894. The minimum Gasteiger partial charge on any atom is -0.494 e. The molecule has 0 amide bonds. The lowest BCUT2D eigenvalue weighted by molar-refractivity contribution is 0.305. The van der Waals surface area contributed by atoms with Crippen LogP contribution in [0.15, 0.2) is 65.9 Å². The van der Waals surface area contributed by atoms with Crippen LogP contribution in [0.2, 0.25) is 0 Å². The molecule has 0 unspecified atom stereocenters. The molecule has 136 valence electrons. The molecule has 4 rings (SSSR count). The minimum absolute atomic E-state index is 0.770. The van der Waals surface area contributed by atoms with Gasteiger partial charge in [-0.05, 0) is 55.0 Å². The number of pyridine rings is 2. The van der Waals surface area contributed by atoms with Gasteiger partial charge in [-0.1, -0.05) is 26.2 Å². The Morgan fingerprint density at radius 1 is 0.815 bits per heavy atom. The van der Waals surface area contributed by atoms with Gasteiger partial charge in [0, 0.05) is 23.5 Å². The molecule has 0 N–H and O–H groups in total. The number of nitrogens with zero attached hydrogens (tertiary/aromatic N) is 3. The quantitative estimate of drug-likeness (QED) is 0.405. The van der Waals surface area contributed by atoms with Gasteiger partial charge in [0.1, 0.15) is 5.75 Å². The highest BCUT2D eigenvalue weighted by Gasteiger charge is 2.26. The molecule has 4 nitrogen and oxygen atoms in total. The van der Waals surface area contributed by atoms with Crippen molar-refractivity contribution < 1.29 is 4.74 Å². The maximum Gasteiger partial charge on any atom is 0.119 e. The molecule has 1 aliphatic carbocycles. The van der Waals surface area contributed by atoms with E-state index in [9.17, 15) is 0 Å². The maximum atomic E-state index is 5.82. The van der Waals surface area contributed by atoms with Crippen molar-refractivity contribution in [1.29, 1.82) is 0 Å². The van der Waals surface area contributed by atoms with Gasteiger partial charge < -0.3 is 4.74 Å². The average molecular weight is 357 g/mol. The summed E-state index contributed by atoms with van der Waals surface area (Å²) in [5.41, 5.74) is 5.69. The molecule has 0 radical (unpaired) electrons. The number of aromatic nitrogens is 2. The van der Waals surface area contributed by atoms with Crippen molar-refractivity contribution in [3.8, 4) is 17.1 Å². The van der Waals surface area contributed by atoms with Gasteiger partial charge in [-0.25, -0.2) is 4.99 Å². The molecule has 3 aromatic rings. The largest absolute Gasteiger partial charge is 0.494 e. The van der Waals surface area contributed by atoms with Crippen LogP contribution in [0.1, 0.15) is 43.7 Å². The molecule has 4 heteroatoms. The highest BCUT2D eigenvalue weighted by Crippen LogP contribution is 2.34. The molecule has 2 heterocycles. The smallest absolute Gasteiger partial charge is 0.119 e. The van der Waals surface area contributed by atoms with Gasteiger partial charge in [0.2, 0.25) is 0 Å². The maximum absolute atomic E-state index is 5.82. The number of unbranched alkanes of at least 4 members (excludes halogenated alkanes) is 3. The van der Waals surface area contributed by atoms with Crippen molar-refractivity contribution in [2.24, 2.45) is 4.99 Å². The standard InChI is InChI=1S/C23H23N3O/c1-2-3-4-5-16-27-18-12-10-17(11-13-18)26-21-19-8-6-14-24-22(19)23-20(21)9-7-15-25-23/h6-15H,2-5,16H2,1H3. The van der Waals surface area contributed by atoms with E-state index in [4.69, 9.17) is 9.73 Å². The highest BCUT2D eigenvalue weighted by atomic mass is 16.5. The fourth-order valence-corrected chi connectivity index (χ4v) is 3.30. The van der Waals surface area contributed by atoms with Crippen LogP contribution < -0.4 is 4.74 Å². The number of rotatable bonds is 7. The summed E-state index contributed by atoms with van der Waals surface area (Å²) in [4.78, 5) is 13.9. The summed E-state index contributed by atoms with van der Waals surface area (Å²) < 4.78 is 5.82. The van der Waals surface area contributed by atoms with Crippen LogP contribution in [0.3, 0.4) is 0 Å². The second-order valence-corrected chi connectivity index (χ2v) is 6.66. The molecular formula is C23H23N3O. The van der Waals surface area contributed by atoms with Gasteiger partial charge >= 0.3 is 0 Å². The fraction of sp³-hybridized carbons (Fsp3) is 0.261. The van der Waals surface area contributed by atoms with Crippen LogP contribution in [0.5, 0.6) is 5.75 Å². The van der Waals surface area contributed by atoms with Crippen LogP contribution >= 0.6 is 0 Å². The van der Waals surface area contributed by atoms with Gasteiger partial charge in [0.25, 0.3) is 0 Å². The van der Waals surface area contributed by atoms with E-state index in [2.05, 4.69) is 29.0 Å². The first-order valence-corrected chi connectivity index (χ1v) is 9.59. The Hall–Kier alpha value is -3.01. The number of aliphatic imine (C=N–C) groups is 1. The van der Waals surface area contributed by atoms with E-state index in [0.29, 0.717) is 0 Å². The molecule has 0 bridgehead atoms. The second kappa shape index (κ2) is 8.12. The Morgan fingerprint density at radius 3 is 2.11 bits per heavy atom. The lowest BCUT2D eigenvalue weighted by Crippen LogP contribution is -1.98. The van der Waals surface area contributed by atoms with Crippen LogP contribution in [0.4, 0.5) is 5.69 Å². The van der Waals surface area contributed by atoms with E-state index < -0.39 is 0 Å². The third-order valence-electron chi connectivity index (χ3n) is 4.69. The molecule has 1 aliphatic rings. The van der Waals surface area contributed by atoms with E-state index >= 15 is 0 Å². The summed E-state index contributed by atoms with van der Waals surface area (Å²) in [5, 5.41) is 0. The van der Waals surface area contributed by atoms with E-state index in [-0.39, 0.29) is 0 Å². The van der Waals surface area contributed by atoms with Gasteiger partial charge in [-0.2, -0.15) is 0 Å². The lowest BCUT2D eigenvalue weighted by Gasteiger charge is -2.06. The van der Waals surface area contributed by atoms with Crippen molar-refractivity contribution in [3.05, 3.63) is 72.1 Å². The zero-order chi connectivity index (χ0) is 18.5. The second-order valence-electron chi connectivity index (χ2n) is 6.66. The van der Waals surface area contributed by atoms with Crippen LogP contribution in [0.25, 0.3) is 11.4 Å². The molecule has 0 saturated heterocycles. The zero-order valence-electron chi connectivity index (χ0n) is 15.6. The number of fused-ring (bicyclic) bond motifs is 3. The molecule has 0 saturated carbocycles. The fourth-order valence-electron chi connectivity index (χ4n) is 3.30. The van der Waals surface area contributed by atoms with Crippen LogP contribution in [-0.2, 0) is 0 Å². The van der Waals surface area contributed by atoms with Crippen molar-refractivity contribution >= 4 is 11.4 Å². The molecule has 1 aromatic carbocycles. The van der Waals surface area contributed by atoms with E-state index in [1.165, 1.54) is 19.3 Å². The van der Waals surface area contributed by atoms with Gasteiger partial charge in [0.05, 0.1) is 29.4 Å². The number of ether oxygens (including phenoxy) is 1. The summed E-state index contributed by atoms with van der Waals surface area (Å²) in [6, 6.07) is 16.0. The third-order valence-corrected chi connectivity index (χ3v) is 4.69. The van der Waals surface area contributed by atoms with Gasteiger partial charge in [-0.15, -0.1) is 0 Å². The first kappa shape index (κ1) is 17.4. The highest BCUT2D eigenvalue weighted by molar-refractivity contribution is 6.23. The van der Waals surface area contributed by atoms with Crippen molar-refractivity contribution in [1.82, 2.24) is 9.97 Å². The van der Waals surface area contributed by atoms with Crippen molar-refractivity contribution in [2.45, 2.75) is 32.6 Å². The SMILES string of the molecule is CCCCCCOc1ccc(N=C2c3cccnc3-c3ncccc32)cc1. The van der Waals surface area contributed by atoms with Crippen LogP contribution in [-0.4, -0.2) is 22.3 Å². The lowest BCUT2D eigenvalue weighted by atomic mass is 10.1. The van der Waals surface area contributed by atoms with Crippen LogP contribution in [0, 0.1) is 0 Å². The number of hydrogen-bond acceptors (Lipinski definition) is 4. The first-order valence-electron chi connectivity index (χ1n) is 9.59. The zero-order valence-corrected chi connectivity index (χ0v) is 15.6. The summed E-state index contributed by atoms with van der Waals surface area (Å²) in [7, 11) is 0. The monoisotopic (exact) mass is 357 g/mol. The topological polar surface area (TPSA) is 47.4 Å². The third kappa shape index (κ3) is 3.75. The Balaban J connectivity index is 1.54. The average Bonchev–Trinajstić information content (AvgIpc) is 3.03. The Morgan fingerprint density at radius 2 is 1.48 bits per heavy atom. The Labute approximate surface area is 160 Å². The summed E-state index contributed by atoms with van der Waals surface area (Å²) in [6.45, 7) is 2.99. The van der Waals surface area contributed by atoms with Crippen molar-refractivity contribution in [3.63, 3.8) is 0 Å². The van der Waals surface area contributed by atoms with E-state index in [0.717, 1.165) is 52.7 Å². The Kier molecular flexibility index (Phi) is 5.24. The molecule has 0 spiro atoms. The molecule has 27 heavy (non-hydrogen) atoms. The predicted octanol–water partition coefficient (Wildman–Crippen LogP) is 5.59. The van der Waals surface area contributed by atoms with Gasteiger partial charge in [-0.3, -0.25) is 9.97 Å². The van der Waals surface area contributed by atoms with E-state index in [1.54, 1.807) is 12.4 Å². The van der Waals surface area contributed by atoms with Crippen molar-refractivity contribution in [2.75, 3.05) is 6.61 Å². The minimum atomic E-state index is 0.770. The molecule has 2 aromatic heterocycles. The van der Waals surface area contributed by atoms with E-state index in [1.807, 2.05) is 36.4 Å². The molecule has 0 aliphatic heterocycles.